The van der Waals surface area contributed by atoms with Crippen LogP contribution < -0.4 is 10.1 Å². The zero-order valence-corrected chi connectivity index (χ0v) is 21.1. The van der Waals surface area contributed by atoms with Crippen molar-refractivity contribution < 1.29 is 4.74 Å². The summed E-state index contributed by atoms with van der Waals surface area (Å²) in [6.07, 6.45) is 7.66. The topological polar surface area (TPSA) is 44.0 Å². The largest absolute Gasteiger partial charge is 0.490 e. The Morgan fingerprint density at radius 1 is 1.18 bits per heavy atom. The van der Waals surface area contributed by atoms with Gasteiger partial charge in [0.2, 0.25) is 0 Å². The van der Waals surface area contributed by atoms with Gasteiger partial charge in [-0.2, -0.15) is 0 Å². The van der Waals surface area contributed by atoms with Crippen molar-refractivity contribution in [3.8, 4) is 17.3 Å². The summed E-state index contributed by atoms with van der Waals surface area (Å²) in [4.78, 5) is 4.82. The molecule has 0 amide bonds. The summed E-state index contributed by atoms with van der Waals surface area (Å²) in [5, 5.41) is 5.55. The lowest BCUT2D eigenvalue weighted by atomic mass is 10.1. The molecule has 1 aromatic carbocycles. The zero-order chi connectivity index (χ0) is 21.9. The third-order valence-electron chi connectivity index (χ3n) is 6.53. The number of thiophene rings is 1. The van der Waals surface area contributed by atoms with Gasteiger partial charge in [0, 0.05) is 25.5 Å². The molecule has 33 heavy (non-hydrogen) atoms. The Bertz CT molecular complexity index is 1190. The molecule has 1 N–H and O–H groups in total. The highest BCUT2D eigenvalue weighted by Gasteiger charge is 2.17. The van der Waals surface area contributed by atoms with E-state index in [0.717, 1.165) is 63.3 Å². The maximum absolute atomic E-state index is 6.24. The summed E-state index contributed by atoms with van der Waals surface area (Å²) in [5.41, 5.74) is 5.12. The fourth-order valence-electron chi connectivity index (χ4n) is 4.73. The number of imidazole rings is 1. The molecular formula is C26H33ClN4OS. The average Bonchev–Trinajstić information content (AvgIpc) is 3.51. The van der Waals surface area contributed by atoms with Crippen molar-refractivity contribution in [2.45, 2.75) is 51.7 Å². The summed E-state index contributed by atoms with van der Waals surface area (Å²) in [7, 11) is 2.14. The molecule has 1 aliphatic rings. The van der Waals surface area contributed by atoms with Crippen LogP contribution in [0.4, 0.5) is 0 Å². The molecular weight excluding hydrogens is 452 g/mol. The molecule has 5 nitrogen and oxygen atoms in total. The minimum atomic E-state index is 0. The van der Waals surface area contributed by atoms with Crippen LogP contribution >= 0.6 is 23.7 Å². The molecule has 5 rings (SSSR count). The number of benzene rings is 1. The Kier molecular flexibility index (Phi) is 7.78. The summed E-state index contributed by atoms with van der Waals surface area (Å²) in [6, 6.07) is 13.1. The van der Waals surface area contributed by atoms with Crippen molar-refractivity contribution in [2.75, 3.05) is 13.1 Å². The van der Waals surface area contributed by atoms with Crippen molar-refractivity contribution in [3.63, 3.8) is 0 Å². The molecule has 1 fully saturated rings. The summed E-state index contributed by atoms with van der Waals surface area (Å²) in [6.45, 7) is 5.28. The van der Waals surface area contributed by atoms with Crippen molar-refractivity contribution >= 4 is 34.0 Å². The minimum Gasteiger partial charge on any atom is -0.490 e. The van der Waals surface area contributed by atoms with E-state index in [1.54, 1.807) is 11.3 Å². The van der Waals surface area contributed by atoms with E-state index >= 15 is 0 Å². The highest BCUT2D eigenvalue weighted by atomic mass is 35.5. The van der Waals surface area contributed by atoms with Crippen LogP contribution in [0.1, 0.15) is 37.4 Å². The number of fused-ring (bicyclic) bond motifs is 1. The lowest BCUT2D eigenvalue weighted by molar-refractivity contribution is 0.162. The van der Waals surface area contributed by atoms with Gasteiger partial charge < -0.3 is 19.2 Å². The standard InChI is InChI=1S/C26H32N4OS.ClH/c1-3-20-18-28-26(24-17-25-23(29(24)2)11-15-32-25)30(20)14-5-7-19-6-4-8-22(16-19)31-21-9-12-27-13-10-21;/h4,6,8,11,15-18,21,27H,3,5,7,9-10,12-14H2,1-2H3;1H. The molecule has 4 heterocycles. The Morgan fingerprint density at radius 3 is 2.82 bits per heavy atom. The van der Waals surface area contributed by atoms with Crippen molar-refractivity contribution in [1.29, 1.82) is 0 Å². The maximum atomic E-state index is 6.24. The molecule has 0 spiro atoms. The normalized spacial score (nSPS) is 14.5. The Labute approximate surface area is 206 Å². The third-order valence-corrected chi connectivity index (χ3v) is 7.38. The number of hydrogen-bond donors (Lipinski definition) is 1. The molecule has 7 heteroatoms. The predicted octanol–water partition coefficient (Wildman–Crippen LogP) is 5.85. The van der Waals surface area contributed by atoms with Gasteiger partial charge in [-0.05, 0) is 80.4 Å². The van der Waals surface area contributed by atoms with E-state index in [1.165, 1.54) is 27.2 Å². The Hall–Kier alpha value is -2.28. The number of aromatic nitrogens is 3. The number of piperidine rings is 1. The molecule has 0 saturated carbocycles. The number of hydrogen-bond acceptors (Lipinski definition) is 4. The second kappa shape index (κ2) is 10.8. The van der Waals surface area contributed by atoms with Crippen LogP contribution in [0.2, 0.25) is 0 Å². The number of halogens is 1. The second-order valence-corrected chi connectivity index (χ2v) is 9.60. The first kappa shape index (κ1) is 23.9. The smallest absolute Gasteiger partial charge is 0.156 e. The first-order chi connectivity index (χ1) is 15.7. The van der Waals surface area contributed by atoms with Gasteiger partial charge in [-0.25, -0.2) is 4.98 Å². The fraction of sp³-hybridized carbons (Fsp3) is 0.423. The average molecular weight is 485 g/mol. The highest BCUT2D eigenvalue weighted by Crippen LogP contribution is 2.31. The molecule has 1 aliphatic heterocycles. The van der Waals surface area contributed by atoms with Gasteiger partial charge in [-0.3, -0.25) is 0 Å². The lowest BCUT2D eigenvalue weighted by Crippen LogP contribution is -2.34. The van der Waals surface area contributed by atoms with Crippen LogP contribution in [-0.4, -0.2) is 33.3 Å². The lowest BCUT2D eigenvalue weighted by Gasteiger charge is -2.24. The van der Waals surface area contributed by atoms with Crippen molar-refractivity contribution in [1.82, 2.24) is 19.4 Å². The van der Waals surface area contributed by atoms with Crippen LogP contribution in [0.25, 0.3) is 21.7 Å². The van der Waals surface area contributed by atoms with E-state index in [2.05, 4.69) is 70.2 Å². The summed E-state index contributed by atoms with van der Waals surface area (Å²) < 4.78 is 12.2. The van der Waals surface area contributed by atoms with Gasteiger partial charge in [0.15, 0.2) is 5.82 Å². The summed E-state index contributed by atoms with van der Waals surface area (Å²) >= 11 is 1.79. The molecule has 0 atom stereocenters. The fourth-order valence-corrected chi connectivity index (χ4v) is 5.58. The van der Waals surface area contributed by atoms with E-state index in [4.69, 9.17) is 9.72 Å². The maximum Gasteiger partial charge on any atom is 0.156 e. The molecule has 4 aromatic rings. The monoisotopic (exact) mass is 484 g/mol. The van der Waals surface area contributed by atoms with E-state index in [1.807, 2.05) is 6.20 Å². The number of rotatable bonds is 8. The van der Waals surface area contributed by atoms with E-state index in [0.29, 0.717) is 6.10 Å². The first-order valence-electron chi connectivity index (χ1n) is 11.8. The molecule has 0 aliphatic carbocycles. The van der Waals surface area contributed by atoms with Crippen LogP contribution in [0.15, 0.2) is 48.0 Å². The van der Waals surface area contributed by atoms with Gasteiger partial charge >= 0.3 is 0 Å². The van der Waals surface area contributed by atoms with Gasteiger partial charge in [0.05, 0.1) is 15.9 Å². The zero-order valence-electron chi connectivity index (χ0n) is 19.4. The second-order valence-electron chi connectivity index (χ2n) is 8.66. The Morgan fingerprint density at radius 2 is 2.03 bits per heavy atom. The number of aryl methyl sites for hydroxylation is 3. The SMILES string of the molecule is CCc1cnc(-c2cc3sccc3n2C)n1CCCc1cccc(OC2CCNCC2)c1.Cl. The van der Waals surface area contributed by atoms with Gasteiger partial charge in [0.25, 0.3) is 0 Å². The molecule has 0 radical (unpaired) electrons. The minimum absolute atomic E-state index is 0. The van der Waals surface area contributed by atoms with E-state index in [9.17, 15) is 0 Å². The predicted molar refractivity (Wildman–Crippen MR) is 140 cm³/mol. The van der Waals surface area contributed by atoms with Gasteiger partial charge in [0.1, 0.15) is 11.9 Å². The molecule has 176 valence electrons. The number of nitrogens with one attached hydrogen (secondary N) is 1. The third kappa shape index (κ3) is 5.13. The van der Waals surface area contributed by atoms with Crippen LogP contribution in [0.3, 0.4) is 0 Å². The van der Waals surface area contributed by atoms with Crippen LogP contribution in [0, 0.1) is 0 Å². The van der Waals surface area contributed by atoms with Crippen molar-refractivity contribution in [2.24, 2.45) is 7.05 Å². The van der Waals surface area contributed by atoms with E-state index in [-0.39, 0.29) is 12.4 Å². The van der Waals surface area contributed by atoms with Gasteiger partial charge in [-0.15, -0.1) is 23.7 Å². The number of ether oxygens (including phenoxy) is 1. The Balaban J connectivity index is 0.00000259. The highest BCUT2D eigenvalue weighted by molar-refractivity contribution is 7.17. The molecule has 0 bridgehead atoms. The molecule has 1 saturated heterocycles. The first-order valence-corrected chi connectivity index (χ1v) is 12.6. The van der Waals surface area contributed by atoms with Crippen LogP contribution in [-0.2, 0) is 26.4 Å². The quantitative estimate of drug-likeness (QED) is 0.341. The van der Waals surface area contributed by atoms with E-state index < -0.39 is 0 Å². The van der Waals surface area contributed by atoms with Gasteiger partial charge in [-0.1, -0.05) is 19.1 Å². The van der Waals surface area contributed by atoms with Crippen LogP contribution in [0.5, 0.6) is 5.75 Å². The number of nitrogens with zero attached hydrogens (tertiary/aromatic N) is 3. The molecule has 3 aromatic heterocycles. The summed E-state index contributed by atoms with van der Waals surface area (Å²) in [5.74, 6) is 2.09. The van der Waals surface area contributed by atoms with Crippen molar-refractivity contribution in [3.05, 3.63) is 59.2 Å². The molecule has 0 unspecified atom stereocenters.